The molecule has 1 aromatic rings. The highest BCUT2D eigenvalue weighted by atomic mass is 35.5. The van der Waals surface area contributed by atoms with Crippen LogP contribution in [0.4, 0.5) is 0 Å². The van der Waals surface area contributed by atoms with Crippen LogP contribution in [0.15, 0.2) is 18.2 Å². The van der Waals surface area contributed by atoms with Crippen molar-refractivity contribution in [3.8, 4) is 0 Å². The molecule has 0 aliphatic heterocycles. The molecule has 4 saturated carbocycles. The van der Waals surface area contributed by atoms with Crippen LogP contribution in [-0.4, -0.2) is 37.0 Å². The summed E-state index contributed by atoms with van der Waals surface area (Å²) < 4.78 is 0. The number of aryl methyl sites for hydroxylation is 1. The molecule has 4 aliphatic rings. The van der Waals surface area contributed by atoms with Crippen molar-refractivity contribution in [1.82, 2.24) is 10.2 Å². The van der Waals surface area contributed by atoms with Crippen LogP contribution in [-0.2, 0) is 6.42 Å². The average Bonchev–Trinajstić information content (AvgIpc) is 2.70. The fourth-order valence-electron chi connectivity index (χ4n) is 6.82. The Morgan fingerprint density at radius 1 is 1.10 bits per heavy atom. The van der Waals surface area contributed by atoms with E-state index < -0.39 is 0 Å². The van der Waals surface area contributed by atoms with Crippen molar-refractivity contribution in [3.05, 3.63) is 34.3 Å². The summed E-state index contributed by atoms with van der Waals surface area (Å²) in [6.07, 6.45) is 10.4. The van der Waals surface area contributed by atoms with Gasteiger partial charge in [-0.05, 0) is 112 Å². The van der Waals surface area contributed by atoms with E-state index in [2.05, 4.69) is 30.1 Å². The van der Waals surface area contributed by atoms with E-state index in [1.165, 1.54) is 44.1 Å². The third-order valence-electron chi connectivity index (χ3n) is 7.90. The molecule has 0 aromatic heterocycles. The Morgan fingerprint density at radius 3 is 2.31 bits per heavy atom. The normalized spacial score (nSPS) is 30.1. The Kier molecular flexibility index (Phi) is 6.56. The van der Waals surface area contributed by atoms with Gasteiger partial charge in [0, 0.05) is 6.54 Å². The number of hydrogen-bond acceptors (Lipinski definition) is 2. The zero-order valence-electron chi connectivity index (χ0n) is 18.2. The minimum absolute atomic E-state index is 0.0105. The smallest absolute Gasteiger partial charge is 0.252 e. The lowest BCUT2D eigenvalue weighted by Crippen LogP contribution is -2.51. The quantitative estimate of drug-likeness (QED) is 0.571. The van der Waals surface area contributed by atoms with Crippen LogP contribution in [0.25, 0.3) is 0 Å². The van der Waals surface area contributed by atoms with Gasteiger partial charge in [-0.3, -0.25) is 4.79 Å². The van der Waals surface area contributed by atoms with Gasteiger partial charge in [0.1, 0.15) is 0 Å². The largest absolute Gasteiger partial charge is 0.351 e. The van der Waals surface area contributed by atoms with Crippen LogP contribution in [0.2, 0.25) is 5.02 Å². The second-order valence-electron chi connectivity index (χ2n) is 10.0. The fourth-order valence-corrected chi connectivity index (χ4v) is 7.02. The number of rotatable bonds is 9. The van der Waals surface area contributed by atoms with E-state index in [0.717, 1.165) is 56.8 Å². The first-order chi connectivity index (χ1) is 14.0. The predicted octanol–water partition coefficient (Wildman–Crippen LogP) is 5.56. The van der Waals surface area contributed by atoms with E-state index in [1.54, 1.807) is 0 Å². The standard InChI is InChI=1S/C25H37ClN2O/c1-3-28(4-2)9-5-6-18-7-8-23(26)22(13-18)24(29)27-17-25-14-19-10-20(15-25)12-21(11-19)16-25/h7-8,13,19-21H,3-6,9-12,14-17H2,1-2H3,(H,27,29). The van der Waals surface area contributed by atoms with Gasteiger partial charge in [0.15, 0.2) is 0 Å². The van der Waals surface area contributed by atoms with Gasteiger partial charge in [0.05, 0.1) is 10.6 Å². The summed E-state index contributed by atoms with van der Waals surface area (Å²) in [7, 11) is 0. The average molecular weight is 417 g/mol. The van der Waals surface area contributed by atoms with Crippen LogP contribution in [0.5, 0.6) is 0 Å². The number of carbonyl (C=O) groups is 1. The molecule has 0 spiro atoms. The number of hydrogen-bond donors (Lipinski definition) is 1. The maximum absolute atomic E-state index is 13.0. The van der Waals surface area contributed by atoms with Gasteiger partial charge in [-0.1, -0.05) is 31.5 Å². The van der Waals surface area contributed by atoms with Gasteiger partial charge in [-0.25, -0.2) is 0 Å². The van der Waals surface area contributed by atoms with Gasteiger partial charge < -0.3 is 10.2 Å². The molecule has 160 valence electrons. The van der Waals surface area contributed by atoms with Crippen molar-refractivity contribution < 1.29 is 4.79 Å². The summed E-state index contributed by atoms with van der Waals surface area (Å²) in [5.41, 5.74) is 2.22. The van der Waals surface area contributed by atoms with E-state index in [1.807, 2.05) is 12.1 Å². The molecule has 4 heteroatoms. The molecule has 0 radical (unpaired) electrons. The van der Waals surface area contributed by atoms with Crippen LogP contribution in [0.3, 0.4) is 0 Å². The molecule has 1 amide bonds. The maximum Gasteiger partial charge on any atom is 0.252 e. The lowest BCUT2D eigenvalue weighted by molar-refractivity contribution is -0.0503. The number of benzene rings is 1. The molecule has 0 saturated heterocycles. The summed E-state index contributed by atoms with van der Waals surface area (Å²) in [5.74, 6) is 2.75. The van der Waals surface area contributed by atoms with E-state index in [4.69, 9.17) is 11.6 Å². The predicted molar refractivity (Wildman–Crippen MR) is 120 cm³/mol. The number of amides is 1. The minimum atomic E-state index is 0.0105. The molecule has 4 fully saturated rings. The van der Waals surface area contributed by atoms with Crippen molar-refractivity contribution in [2.45, 2.75) is 65.2 Å². The summed E-state index contributed by atoms with van der Waals surface area (Å²) in [6, 6.07) is 5.98. The second-order valence-corrected chi connectivity index (χ2v) is 10.5. The Bertz CT molecular complexity index is 692. The lowest BCUT2D eigenvalue weighted by Gasteiger charge is -2.56. The number of halogens is 1. The molecule has 1 N–H and O–H groups in total. The van der Waals surface area contributed by atoms with Crippen molar-refractivity contribution in [2.24, 2.45) is 23.2 Å². The molecule has 5 rings (SSSR count). The van der Waals surface area contributed by atoms with Crippen LogP contribution in [0.1, 0.15) is 74.7 Å². The topological polar surface area (TPSA) is 32.3 Å². The maximum atomic E-state index is 13.0. The molecule has 0 atom stereocenters. The molecule has 29 heavy (non-hydrogen) atoms. The molecule has 3 nitrogen and oxygen atoms in total. The Balaban J connectivity index is 1.35. The van der Waals surface area contributed by atoms with E-state index in [9.17, 15) is 4.79 Å². The molecular formula is C25H37ClN2O. The van der Waals surface area contributed by atoms with Crippen LogP contribution < -0.4 is 5.32 Å². The Hall–Kier alpha value is -1.06. The van der Waals surface area contributed by atoms with Gasteiger partial charge in [-0.2, -0.15) is 0 Å². The summed E-state index contributed by atoms with van der Waals surface area (Å²) in [6.45, 7) is 8.53. The first-order valence-electron chi connectivity index (χ1n) is 11.8. The highest BCUT2D eigenvalue weighted by Gasteiger charge is 2.50. The molecule has 0 unspecified atom stereocenters. The van der Waals surface area contributed by atoms with Crippen LogP contribution in [0, 0.1) is 23.2 Å². The summed E-state index contributed by atoms with van der Waals surface area (Å²) >= 11 is 6.41. The van der Waals surface area contributed by atoms with Gasteiger partial charge in [0.25, 0.3) is 5.91 Å². The van der Waals surface area contributed by atoms with E-state index in [0.29, 0.717) is 16.0 Å². The van der Waals surface area contributed by atoms with E-state index >= 15 is 0 Å². The van der Waals surface area contributed by atoms with E-state index in [-0.39, 0.29) is 5.91 Å². The van der Waals surface area contributed by atoms with Gasteiger partial charge in [0.2, 0.25) is 0 Å². The molecule has 4 bridgehead atoms. The SMILES string of the molecule is CCN(CC)CCCc1ccc(Cl)c(C(=O)NCC23CC4CC(CC(C4)C2)C3)c1. The molecular weight excluding hydrogens is 380 g/mol. The second kappa shape index (κ2) is 8.98. The van der Waals surface area contributed by atoms with Crippen molar-refractivity contribution in [2.75, 3.05) is 26.2 Å². The molecule has 4 aliphatic carbocycles. The zero-order valence-corrected chi connectivity index (χ0v) is 18.9. The monoisotopic (exact) mass is 416 g/mol. The third-order valence-corrected chi connectivity index (χ3v) is 8.23. The lowest BCUT2D eigenvalue weighted by atomic mass is 9.49. The fraction of sp³-hybridized carbons (Fsp3) is 0.720. The zero-order chi connectivity index (χ0) is 20.4. The Morgan fingerprint density at radius 2 is 1.72 bits per heavy atom. The van der Waals surface area contributed by atoms with Crippen LogP contribution >= 0.6 is 11.6 Å². The van der Waals surface area contributed by atoms with Crippen molar-refractivity contribution in [1.29, 1.82) is 0 Å². The van der Waals surface area contributed by atoms with Gasteiger partial charge >= 0.3 is 0 Å². The molecule has 1 aromatic carbocycles. The molecule has 0 heterocycles. The van der Waals surface area contributed by atoms with Crippen molar-refractivity contribution >= 4 is 17.5 Å². The number of nitrogens with one attached hydrogen (secondary N) is 1. The summed E-state index contributed by atoms with van der Waals surface area (Å²) in [5, 5.41) is 3.85. The summed E-state index contributed by atoms with van der Waals surface area (Å²) in [4.78, 5) is 15.4. The third kappa shape index (κ3) is 4.82. The highest BCUT2D eigenvalue weighted by Crippen LogP contribution is 2.59. The number of nitrogens with zero attached hydrogens (tertiary/aromatic N) is 1. The van der Waals surface area contributed by atoms with Crippen molar-refractivity contribution in [3.63, 3.8) is 0 Å². The first-order valence-corrected chi connectivity index (χ1v) is 12.2. The number of carbonyl (C=O) groups excluding carboxylic acids is 1. The first kappa shape index (κ1) is 21.2. The minimum Gasteiger partial charge on any atom is -0.351 e. The highest BCUT2D eigenvalue weighted by molar-refractivity contribution is 6.33. The Labute approximate surface area is 181 Å². The van der Waals surface area contributed by atoms with Gasteiger partial charge in [-0.15, -0.1) is 0 Å².